The Labute approximate surface area is 114 Å². The van der Waals surface area contributed by atoms with Gasteiger partial charge in [0.15, 0.2) is 0 Å². The maximum atomic E-state index is 12.3. The van der Waals surface area contributed by atoms with E-state index in [2.05, 4.69) is 17.4 Å². The Balaban J connectivity index is 2.15. The Bertz CT molecular complexity index is 436. The van der Waals surface area contributed by atoms with Crippen molar-refractivity contribution in [3.8, 4) is 0 Å². The van der Waals surface area contributed by atoms with Crippen molar-refractivity contribution in [1.82, 2.24) is 15.4 Å². The fourth-order valence-electron chi connectivity index (χ4n) is 2.67. The van der Waals surface area contributed by atoms with Crippen LogP contribution in [-0.2, 0) is 0 Å². The van der Waals surface area contributed by atoms with E-state index < -0.39 is 0 Å². The fraction of sp³-hybridized carbons (Fsp3) is 0.714. The molecule has 106 valence electrons. The summed E-state index contributed by atoms with van der Waals surface area (Å²) < 4.78 is 5.23. The highest BCUT2D eigenvalue weighted by Gasteiger charge is 2.33. The Hall–Kier alpha value is -1.52. The van der Waals surface area contributed by atoms with Crippen LogP contribution in [0.5, 0.6) is 0 Å². The summed E-state index contributed by atoms with van der Waals surface area (Å²) in [6, 6.07) is 0.338. The smallest absolute Gasteiger partial charge is 0.318 e. The molecule has 2 amide bonds. The topological polar surface area (TPSA) is 58.4 Å². The minimum absolute atomic E-state index is 0.0249. The van der Waals surface area contributed by atoms with Crippen molar-refractivity contribution in [3.05, 3.63) is 17.0 Å². The lowest BCUT2D eigenvalue weighted by atomic mass is 10.0. The molecule has 2 atom stereocenters. The number of nitrogens with one attached hydrogen (secondary N) is 1. The molecule has 1 fully saturated rings. The third-order valence-electron chi connectivity index (χ3n) is 3.92. The van der Waals surface area contributed by atoms with Gasteiger partial charge in [-0.1, -0.05) is 12.1 Å². The van der Waals surface area contributed by atoms with Crippen molar-refractivity contribution in [2.75, 3.05) is 6.54 Å². The Morgan fingerprint density at radius 2 is 2.32 bits per heavy atom. The van der Waals surface area contributed by atoms with Gasteiger partial charge in [0.1, 0.15) is 5.76 Å². The van der Waals surface area contributed by atoms with Gasteiger partial charge in [0.05, 0.1) is 11.7 Å². The number of likely N-dealkylation sites (tertiary alicyclic amines) is 1. The van der Waals surface area contributed by atoms with Crippen molar-refractivity contribution in [2.24, 2.45) is 0 Å². The molecular weight excluding hydrogens is 242 g/mol. The maximum absolute atomic E-state index is 12.3. The summed E-state index contributed by atoms with van der Waals surface area (Å²) in [5.41, 5.74) is 1.97. The van der Waals surface area contributed by atoms with Crippen LogP contribution in [0.1, 0.15) is 56.2 Å². The van der Waals surface area contributed by atoms with Crippen LogP contribution in [0.15, 0.2) is 4.52 Å². The van der Waals surface area contributed by atoms with Crippen LogP contribution in [-0.4, -0.2) is 28.7 Å². The molecule has 0 aromatic carbocycles. The average Bonchev–Trinajstić information content (AvgIpc) is 2.96. The molecule has 1 saturated heterocycles. The van der Waals surface area contributed by atoms with Crippen LogP contribution >= 0.6 is 0 Å². The van der Waals surface area contributed by atoms with Gasteiger partial charge in [-0.15, -0.1) is 0 Å². The van der Waals surface area contributed by atoms with Gasteiger partial charge in [0.2, 0.25) is 0 Å². The molecule has 2 heterocycles. The van der Waals surface area contributed by atoms with Gasteiger partial charge in [-0.2, -0.15) is 0 Å². The monoisotopic (exact) mass is 265 g/mol. The summed E-state index contributed by atoms with van der Waals surface area (Å²) in [4.78, 5) is 14.2. The van der Waals surface area contributed by atoms with E-state index in [4.69, 9.17) is 4.52 Å². The number of rotatable bonds is 3. The van der Waals surface area contributed by atoms with E-state index in [0.717, 1.165) is 42.8 Å². The van der Waals surface area contributed by atoms with Crippen LogP contribution in [0.3, 0.4) is 0 Å². The van der Waals surface area contributed by atoms with E-state index in [-0.39, 0.29) is 18.1 Å². The molecular formula is C14H23N3O2. The summed E-state index contributed by atoms with van der Waals surface area (Å²) in [5, 5.41) is 7.04. The molecule has 2 rings (SSSR count). The first-order valence-electron chi connectivity index (χ1n) is 7.04. The van der Waals surface area contributed by atoms with Gasteiger partial charge in [-0.3, -0.25) is 0 Å². The first-order valence-corrected chi connectivity index (χ1v) is 7.04. The number of aromatic nitrogens is 1. The second kappa shape index (κ2) is 5.63. The third kappa shape index (κ3) is 2.74. The highest BCUT2D eigenvalue weighted by Crippen LogP contribution is 2.35. The minimum atomic E-state index is 0.0249. The van der Waals surface area contributed by atoms with Crippen molar-refractivity contribution in [2.45, 2.75) is 59.0 Å². The zero-order valence-electron chi connectivity index (χ0n) is 12.2. The molecule has 1 aliphatic rings. The van der Waals surface area contributed by atoms with Gasteiger partial charge >= 0.3 is 6.03 Å². The highest BCUT2D eigenvalue weighted by molar-refractivity contribution is 5.75. The van der Waals surface area contributed by atoms with Crippen molar-refractivity contribution in [3.63, 3.8) is 0 Å². The van der Waals surface area contributed by atoms with Crippen molar-refractivity contribution < 1.29 is 9.32 Å². The molecule has 1 N–H and O–H groups in total. The summed E-state index contributed by atoms with van der Waals surface area (Å²) >= 11 is 0. The largest absolute Gasteiger partial charge is 0.361 e. The number of hydrogen-bond acceptors (Lipinski definition) is 3. The van der Waals surface area contributed by atoms with Crippen molar-refractivity contribution in [1.29, 1.82) is 0 Å². The van der Waals surface area contributed by atoms with Crippen LogP contribution in [0.25, 0.3) is 0 Å². The Kier molecular flexibility index (Phi) is 4.12. The second-order valence-corrected chi connectivity index (χ2v) is 5.35. The maximum Gasteiger partial charge on any atom is 0.318 e. The predicted octanol–water partition coefficient (Wildman–Crippen LogP) is 2.94. The summed E-state index contributed by atoms with van der Waals surface area (Å²) in [5.74, 6) is 0.825. The Morgan fingerprint density at radius 3 is 2.89 bits per heavy atom. The van der Waals surface area contributed by atoms with E-state index in [1.165, 1.54) is 0 Å². The molecule has 0 saturated carbocycles. The Morgan fingerprint density at radius 1 is 1.58 bits per heavy atom. The normalized spacial score (nSPS) is 20.6. The zero-order chi connectivity index (χ0) is 14.0. The molecule has 0 unspecified atom stereocenters. The first-order chi connectivity index (χ1) is 9.04. The van der Waals surface area contributed by atoms with Crippen LogP contribution < -0.4 is 5.32 Å². The molecule has 19 heavy (non-hydrogen) atoms. The van der Waals surface area contributed by atoms with E-state index in [1.807, 2.05) is 25.7 Å². The first kappa shape index (κ1) is 13.9. The lowest BCUT2D eigenvalue weighted by Crippen LogP contribution is -2.43. The van der Waals surface area contributed by atoms with Crippen LogP contribution in [0.2, 0.25) is 0 Å². The number of amides is 2. The standard InChI is InChI=1S/C14H23N3O2/c1-5-9(2)15-14(18)17-8-6-7-12(17)13-10(3)16-19-11(13)4/h9,12H,5-8H2,1-4H3,(H,15,18)/t9-,12+/m1/s1. The summed E-state index contributed by atoms with van der Waals surface area (Å²) in [7, 11) is 0. The number of nitrogens with zero attached hydrogens (tertiary/aromatic N) is 2. The van der Waals surface area contributed by atoms with Crippen LogP contribution in [0, 0.1) is 13.8 Å². The molecule has 5 nitrogen and oxygen atoms in total. The SMILES string of the molecule is CC[C@@H](C)NC(=O)N1CCC[C@H]1c1c(C)noc1C. The summed E-state index contributed by atoms with van der Waals surface area (Å²) in [6.45, 7) is 8.75. The molecule has 0 aliphatic carbocycles. The van der Waals surface area contributed by atoms with E-state index in [1.54, 1.807) is 0 Å². The quantitative estimate of drug-likeness (QED) is 0.914. The van der Waals surface area contributed by atoms with E-state index >= 15 is 0 Å². The molecule has 1 aromatic rings. The average molecular weight is 265 g/mol. The van der Waals surface area contributed by atoms with Gasteiger partial charge in [0, 0.05) is 18.2 Å². The number of hydrogen-bond donors (Lipinski definition) is 1. The lowest BCUT2D eigenvalue weighted by Gasteiger charge is -2.26. The minimum Gasteiger partial charge on any atom is -0.361 e. The molecule has 5 heteroatoms. The number of carbonyl (C=O) groups is 1. The van der Waals surface area contributed by atoms with Gasteiger partial charge in [-0.25, -0.2) is 4.79 Å². The highest BCUT2D eigenvalue weighted by atomic mass is 16.5. The van der Waals surface area contributed by atoms with Crippen molar-refractivity contribution >= 4 is 6.03 Å². The van der Waals surface area contributed by atoms with Gasteiger partial charge in [0.25, 0.3) is 0 Å². The lowest BCUT2D eigenvalue weighted by molar-refractivity contribution is 0.189. The molecule has 0 bridgehead atoms. The predicted molar refractivity (Wildman–Crippen MR) is 72.9 cm³/mol. The fourth-order valence-corrected chi connectivity index (χ4v) is 2.67. The van der Waals surface area contributed by atoms with E-state index in [0.29, 0.717) is 0 Å². The third-order valence-corrected chi connectivity index (χ3v) is 3.92. The number of urea groups is 1. The van der Waals surface area contributed by atoms with Gasteiger partial charge < -0.3 is 14.7 Å². The van der Waals surface area contributed by atoms with Crippen LogP contribution in [0.4, 0.5) is 4.79 Å². The number of carbonyl (C=O) groups excluding carboxylic acids is 1. The zero-order valence-corrected chi connectivity index (χ0v) is 12.2. The molecule has 1 aliphatic heterocycles. The second-order valence-electron chi connectivity index (χ2n) is 5.35. The van der Waals surface area contributed by atoms with E-state index in [9.17, 15) is 4.79 Å². The molecule has 0 radical (unpaired) electrons. The summed E-state index contributed by atoms with van der Waals surface area (Å²) in [6.07, 6.45) is 2.95. The molecule has 0 spiro atoms. The molecule has 1 aromatic heterocycles. The van der Waals surface area contributed by atoms with Gasteiger partial charge in [-0.05, 0) is 40.0 Å². The number of aryl methyl sites for hydroxylation is 2.